The van der Waals surface area contributed by atoms with Crippen LogP contribution in [0.3, 0.4) is 0 Å². The highest BCUT2D eigenvalue weighted by atomic mass is 16.3. The van der Waals surface area contributed by atoms with Crippen molar-refractivity contribution < 1.29 is 9.52 Å². The first-order valence-corrected chi connectivity index (χ1v) is 9.39. The van der Waals surface area contributed by atoms with Gasteiger partial charge in [0.25, 0.3) is 0 Å². The van der Waals surface area contributed by atoms with Crippen LogP contribution in [0.2, 0.25) is 0 Å². The zero-order valence-electron chi connectivity index (χ0n) is 16.3. The minimum atomic E-state index is 0.0922. The number of aryl methyl sites for hydroxylation is 2. The predicted octanol–water partition coefficient (Wildman–Crippen LogP) is 3.31. The van der Waals surface area contributed by atoms with Gasteiger partial charge >= 0.3 is 0 Å². The molecule has 0 bridgehead atoms. The Morgan fingerprint density at radius 3 is 2.63 bits per heavy atom. The minimum Gasteiger partial charge on any atom is -0.468 e. The highest BCUT2D eigenvalue weighted by Gasteiger charge is 2.19. The standard InChI is InChI=1S/C21H28N4O2/c1-4-20(13-26)24(12-21-6-5-7-27-21)10-18-9-19(17(3)8-16(18)2)11-25-15-22-14-23-25/h5-9,14-15,20,26H,4,10-13H2,1-3H3/t20-/m1/s1. The van der Waals surface area contributed by atoms with Crippen LogP contribution >= 0.6 is 0 Å². The van der Waals surface area contributed by atoms with E-state index in [0.29, 0.717) is 13.1 Å². The van der Waals surface area contributed by atoms with Crippen LogP contribution in [0.25, 0.3) is 0 Å². The Balaban J connectivity index is 1.85. The molecule has 144 valence electrons. The molecule has 0 radical (unpaired) electrons. The molecule has 3 rings (SSSR count). The largest absolute Gasteiger partial charge is 0.468 e. The van der Waals surface area contributed by atoms with Crippen LogP contribution in [0, 0.1) is 13.8 Å². The van der Waals surface area contributed by atoms with E-state index in [9.17, 15) is 5.11 Å². The molecule has 2 heterocycles. The molecule has 0 saturated heterocycles. The van der Waals surface area contributed by atoms with Crippen molar-refractivity contribution in [3.63, 3.8) is 0 Å². The molecular formula is C21H28N4O2. The van der Waals surface area contributed by atoms with E-state index in [2.05, 4.69) is 47.9 Å². The summed E-state index contributed by atoms with van der Waals surface area (Å²) >= 11 is 0. The maximum absolute atomic E-state index is 9.85. The van der Waals surface area contributed by atoms with Crippen LogP contribution in [0.1, 0.15) is 41.4 Å². The molecule has 0 aliphatic heterocycles. The maximum Gasteiger partial charge on any atom is 0.137 e. The summed E-state index contributed by atoms with van der Waals surface area (Å²) in [6.07, 6.45) is 5.87. The van der Waals surface area contributed by atoms with Crippen LogP contribution in [0.4, 0.5) is 0 Å². The smallest absolute Gasteiger partial charge is 0.137 e. The first-order valence-electron chi connectivity index (χ1n) is 9.39. The summed E-state index contributed by atoms with van der Waals surface area (Å²) in [5, 5.41) is 14.1. The molecule has 27 heavy (non-hydrogen) atoms. The van der Waals surface area contributed by atoms with Crippen molar-refractivity contribution in [1.29, 1.82) is 0 Å². The third-order valence-corrected chi connectivity index (χ3v) is 5.10. The van der Waals surface area contributed by atoms with Crippen molar-refractivity contribution >= 4 is 0 Å². The van der Waals surface area contributed by atoms with Crippen molar-refractivity contribution in [2.45, 2.75) is 52.9 Å². The van der Waals surface area contributed by atoms with Gasteiger partial charge in [0.1, 0.15) is 18.4 Å². The molecule has 1 aromatic carbocycles. The monoisotopic (exact) mass is 368 g/mol. The van der Waals surface area contributed by atoms with Crippen LogP contribution in [0.15, 0.2) is 47.6 Å². The van der Waals surface area contributed by atoms with Gasteiger partial charge in [0.15, 0.2) is 0 Å². The average molecular weight is 368 g/mol. The average Bonchev–Trinajstić information content (AvgIpc) is 3.34. The van der Waals surface area contributed by atoms with Gasteiger partial charge in [0.2, 0.25) is 0 Å². The Kier molecular flexibility index (Phi) is 6.42. The summed E-state index contributed by atoms with van der Waals surface area (Å²) in [6.45, 7) is 8.66. The molecular weight excluding hydrogens is 340 g/mol. The fraction of sp³-hybridized carbons (Fsp3) is 0.429. The first-order chi connectivity index (χ1) is 13.1. The van der Waals surface area contributed by atoms with Crippen molar-refractivity contribution in [3.05, 3.63) is 71.2 Å². The second kappa shape index (κ2) is 8.97. The van der Waals surface area contributed by atoms with Gasteiger partial charge in [-0.05, 0) is 54.7 Å². The predicted molar refractivity (Wildman–Crippen MR) is 104 cm³/mol. The SMILES string of the molecule is CC[C@H](CO)N(Cc1ccco1)Cc1cc(Cn2cncn2)c(C)cc1C. The summed E-state index contributed by atoms with van der Waals surface area (Å²) in [5.41, 5.74) is 5.00. The first kappa shape index (κ1) is 19.3. The molecule has 0 unspecified atom stereocenters. The fourth-order valence-electron chi connectivity index (χ4n) is 3.42. The van der Waals surface area contributed by atoms with Gasteiger partial charge in [-0.15, -0.1) is 0 Å². The number of benzene rings is 1. The van der Waals surface area contributed by atoms with Crippen LogP contribution in [-0.2, 0) is 19.6 Å². The summed E-state index contributed by atoms with van der Waals surface area (Å²) in [5.74, 6) is 0.912. The third-order valence-electron chi connectivity index (χ3n) is 5.10. The van der Waals surface area contributed by atoms with Crippen molar-refractivity contribution in [2.75, 3.05) is 6.61 Å². The number of hydrogen-bond donors (Lipinski definition) is 1. The van der Waals surface area contributed by atoms with Gasteiger partial charge < -0.3 is 9.52 Å². The molecule has 6 nitrogen and oxygen atoms in total. The van der Waals surface area contributed by atoms with E-state index in [1.807, 2.05) is 16.8 Å². The summed E-state index contributed by atoms with van der Waals surface area (Å²) in [6, 6.07) is 8.46. The van der Waals surface area contributed by atoms with Crippen molar-refractivity contribution in [2.24, 2.45) is 0 Å². The molecule has 6 heteroatoms. The van der Waals surface area contributed by atoms with E-state index in [1.54, 1.807) is 18.9 Å². The number of aliphatic hydroxyl groups excluding tert-OH is 1. The molecule has 0 amide bonds. The summed E-state index contributed by atoms with van der Waals surface area (Å²) in [4.78, 5) is 6.32. The fourth-order valence-corrected chi connectivity index (χ4v) is 3.42. The lowest BCUT2D eigenvalue weighted by Gasteiger charge is -2.30. The quantitative estimate of drug-likeness (QED) is 0.628. The second-order valence-corrected chi connectivity index (χ2v) is 7.03. The Morgan fingerprint density at radius 2 is 2.00 bits per heavy atom. The van der Waals surface area contributed by atoms with Crippen LogP contribution in [0.5, 0.6) is 0 Å². The van der Waals surface area contributed by atoms with Crippen LogP contribution in [-0.4, -0.2) is 37.4 Å². The zero-order valence-corrected chi connectivity index (χ0v) is 16.3. The molecule has 1 atom stereocenters. The lowest BCUT2D eigenvalue weighted by Crippen LogP contribution is -2.36. The number of aromatic nitrogens is 3. The molecule has 0 fully saturated rings. The normalized spacial score (nSPS) is 12.6. The molecule has 0 aliphatic rings. The van der Waals surface area contributed by atoms with Crippen LogP contribution < -0.4 is 0 Å². The van der Waals surface area contributed by atoms with Gasteiger partial charge in [-0.2, -0.15) is 5.10 Å². The van der Waals surface area contributed by atoms with Gasteiger partial charge in [0.05, 0.1) is 26.0 Å². The van der Waals surface area contributed by atoms with E-state index < -0.39 is 0 Å². The van der Waals surface area contributed by atoms with E-state index in [-0.39, 0.29) is 12.6 Å². The number of aliphatic hydroxyl groups is 1. The number of hydrogen-bond acceptors (Lipinski definition) is 5. The third kappa shape index (κ3) is 4.84. The highest BCUT2D eigenvalue weighted by molar-refractivity contribution is 5.37. The molecule has 0 saturated carbocycles. The number of nitrogens with zero attached hydrogens (tertiary/aromatic N) is 4. The van der Waals surface area contributed by atoms with Gasteiger partial charge in [-0.25, -0.2) is 9.67 Å². The van der Waals surface area contributed by atoms with E-state index in [1.165, 1.54) is 22.3 Å². The van der Waals surface area contributed by atoms with E-state index >= 15 is 0 Å². The topological polar surface area (TPSA) is 67.3 Å². The lowest BCUT2D eigenvalue weighted by atomic mass is 9.98. The summed E-state index contributed by atoms with van der Waals surface area (Å²) in [7, 11) is 0. The number of rotatable bonds is 9. The van der Waals surface area contributed by atoms with E-state index in [4.69, 9.17) is 4.42 Å². The molecule has 2 aromatic heterocycles. The Bertz CT molecular complexity index is 824. The van der Waals surface area contributed by atoms with Gasteiger partial charge in [0, 0.05) is 12.6 Å². The lowest BCUT2D eigenvalue weighted by molar-refractivity contribution is 0.0997. The number of furan rings is 1. The molecule has 0 spiro atoms. The maximum atomic E-state index is 9.85. The highest BCUT2D eigenvalue weighted by Crippen LogP contribution is 2.22. The van der Waals surface area contributed by atoms with Gasteiger partial charge in [-0.1, -0.05) is 19.1 Å². The van der Waals surface area contributed by atoms with Crippen molar-refractivity contribution in [1.82, 2.24) is 19.7 Å². The minimum absolute atomic E-state index is 0.0922. The molecule has 3 aromatic rings. The molecule has 1 N–H and O–H groups in total. The zero-order chi connectivity index (χ0) is 19.2. The molecule has 0 aliphatic carbocycles. The van der Waals surface area contributed by atoms with Crippen molar-refractivity contribution in [3.8, 4) is 0 Å². The Labute approximate surface area is 160 Å². The Morgan fingerprint density at radius 1 is 1.19 bits per heavy atom. The van der Waals surface area contributed by atoms with Gasteiger partial charge in [-0.3, -0.25) is 4.90 Å². The Hall–Kier alpha value is -2.44. The van der Waals surface area contributed by atoms with E-state index in [0.717, 1.165) is 18.7 Å². The second-order valence-electron chi connectivity index (χ2n) is 7.03. The summed E-state index contributed by atoms with van der Waals surface area (Å²) < 4.78 is 7.38.